The molecule has 0 saturated carbocycles. The van der Waals surface area contributed by atoms with Gasteiger partial charge in [-0.15, -0.1) is 11.6 Å². The van der Waals surface area contributed by atoms with Crippen molar-refractivity contribution in [3.05, 3.63) is 35.6 Å². The third-order valence-corrected chi connectivity index (χ3v) is 3.20. The zero-order valence-corrected chi connectivity index (χ0v) is 10.6. The second kappa shape index (κ2) is 4.64. The molecule has 0 aliphatic carbocycles. The maximum absolute atomic E-state index is 6.18. The molecular weight excluding hydrogens is 220 g/mol. The van der Waals surface area contributed by atoms with Crippen molar-refractivity contribution in [3.63, 3.8) is 0 Å². The molecule has 1 aliphatic heterocycles. The second-order valence-electron chi connectivity index (χ2n) is 4.66. The Bertz CT molecular complexity index is 394. The Hall–Kier alpha value is -0.730. The summed E-state index contributed by atoms with van der Waals surface area (Å²) in [7, 11) is 3.97. The Morgan fingerprint density at radius 3 is 2.88 bits per heavy atom. The third kappa shape index (κ3) is 2.69. The topological polar surface area (TPSA) is 19.0 Å². The van der Waals surface area contributed by atoms with Crippen molar-refractivity contribution in [2.24, 2.45) is 0 Å². The van der Waals surface area contributed by atoms with Gasteiger partial charge in [-0.25, -0.2) is 0 Å². The first-order chi connectivity index (χ1) is 7.54. The molecule has 0 aromatic carbocycles. The second-order valence-corrected chi connectivity index (χ2v) is 5.28. The quantitative estimate of drug-likeness (QED) is 0.744. The third-order valence-electron chi connectivity index (χ3n) is 2.90. The minimum Gasteiger partial charge on any atom is -0.359 e. The highest BCUT2D eigenvalue weighted by molar-refractivity contribution is 6.21. The van der Waals surface area contributed by atoms with E-state index in [0.717, 1.165) is 19.5 Å². The van der Waals surface area contributed by atoms with E-state index in [2.05, 4.69) is 38.0 Å². The van der Waals surface area contributed by atoms with E-state index in [-0.39, 0.29) is 5.38 Å². The van der Waals surface area contributed by atoms with Crippen LogP contribution in [-0.4, -0.2) is 28.4 Å². The molecule has 16 heavy (non-hydrogen) atoms. The van der Waals surface area contributed by atoms with Crippen molar-refractivity contribution in [3.8, 4) is 0 Å². The molecule has 1 aliphatic rings. The summed E-state index contributed by atoms with van der Waals surface area (Å²) in [5.74, 6) is 0. The lowest BCUT2D eigenvalue weighted by Gasteiger charge is -2.28. The molecule has 1 radical (unpaired) electrons. The number of alkyl halides is 1. The van der Waals surface area contributed by atoms with Gasteiger partial charge in [0.1, 0.15) is 0 Å². The number of aryl methyl sites for hydroxylation is 2. The molecule has 1 N–H and O–H groups in total. The number of aromatic nitrogens is 1. The van der Waals surface area contributed by atoms with Crippen molar-refractivity contribution in [1.29, 1.82) is 0 Å². The van der Waals surface area contributed by atoms with Gasteiger partial charge in [0.15, 0.2) is 0 Å². The number of piperidine rings is 1. The highest BCUT2D eigenvalue weighted by Gasteiger charge is 2.18. The van der Waals surface area contributed by atoms with E-state index < -0.39 is 0 Å². The molecule has 1 fully saturated rings. The fourth-order valence-electron chi connectivity index (χ4n) is 2.25. The van der Waals surface area contributed by atoms with E-state index >= 15 is 0 Å². The number of hydrogen-bond acceptors (Lipinski definition) is 1. The number of aromatic amines is 1. The first-order valence-corrected chi connectivity index (χ1v) is 6.03. The van der Waals surface area contributed by atoms with Gasteiger partial charge in [-0.1, -0.05) is 5.57 Å². The predicted molar refractivity (Wildman–Crippen MR) is 69.4 cm³/mol. The van der Waals surface area contributed by atoms with E-state index in [1.54, 1.807) is 0 Å². The van der Waals surface area contributed by atoms with Gasteiger partial charge in [0.05, 0.1) is 5.38 Å². The van der Waals surface area contributed by atoms with Crippen molar-refractivity contribution in [2.45, 2.75) is 25.6 Å². The molecule has 1 unspecified atom stereocenters. The van der Waals surface area contributed by atoms with Crippen LogP contribution >= 0.6 is 11.6 Å². The van der Waals surface area contributed by atoms with Gasteiger partial charge in [-0.3, -0.25) is 4.90 Å². The highest BCUT2D eigenvalue weighted by Crippen LogP contribution is 2.22. The molecule has 1 aromatic rings. The van der Waals surface area contributed by atoms with Crippen molar-refractivity contribution >= 4 is 17.7 Å². The zero-order valence-electron chi connectivity index (χ0n) is 9.89. The van der Waals surface area contributed by atoms with Gasteiger partial charge in [0.2, 0.25) is 0 Å². The summed E-state index contributed by atoms with van der Waals surface area (Å²) >= 11 is 6.18. The molecule has 0 bridgehead atoms. The normalized spacial score (nSPS) is 25.2. The Labute approximate surface area is 102 Å². The number of H-pyrrole nitrogens is 1. The Morgan fingerprint density at radius 2 is 2.31 bits per heavy atom. The van der Waals surface area contributed by atoms with Crippen LogP contribution in [0, 0.1) is 20.9 Å². The van der Waals surface area contributed by atoms with Crippen LogP contribution in [0.4, 0.5) is 0 Å². The maximum atomic E-state index is 6.18. The summed E-state index contributed by atoms with van der Waals surface area (Å²) in [6, 6.07) is 2.16. The first kappa shape index (κ1) is 11.7. The molecule has 1 saturated heterocycles. The van der Waals surface area contributed by atoms with Crippen LogP contribution < -0.4 is 0 Å². The summed E-state index contributed by atoms with van der Waals surface area (Å²) < 4.78 is 0. The minimum atomic E-state index is 0.189. The Balaban J connectivity index is 2.20. The number of nitrogens with zero attached hydrogens (tertiary/aromatic N) is 1. The molecule has 0 amide bonds. The average molecular weight is 238 g/mol. The summed E-state index contributed by atoms with van der Waals surface area (Å²) in [6.45, 7) is 6.00. The lowest BCUT2D eigenvalue weighted by molar-refractivity contribution is 0.360. The minimum absolute atomic E-state index is 0.189. The van der Waals surface area contributed by atoms with Gasteiger partial charge in [-0.05, 0) is 38.0 Å². The van der Waals surface area contributed by atoms with Crippen LogP contribution in [0.3, 0.4) is 0 Å². The molecule has 1 aromatic heterocycles. The monoisotopic (exact) mass is 237 g/mol. The van der Waals surface area contributed by atoms with Gasteiger partial charge >= 0.3 is 0 Å². The molecule has 1 atom stereocenters. The summed E-state index contributed by atoms with van der Waals surface area (Å²) in [4.78, 5) is 5.39. The van der Waals surface area contributed by atoms with Gasteiger partial charge in [0.25, 0.3) is 0 Å². The van der Waals surface area contributed by atoms with E-state index in [4.69, 9.17) is 11.6 Å². The van der Waals surface area contributed by atoms with Crippen LogP contribution in [0.5, 0.6) is 0 Å². The fourth-order valence-corrected chi connectivity index (χ4v) is 2.65. The first-order valence-electron chi connectivity index (χ1n) is 5.60. The number of likely N-dealkylation sites (tertiary alicyclic amines) is 1. The molecule has 2 heterocycles. The van der Waals surface area contributed by atoms with Crippen LogP contribution in [0.25, 0.3) is 6.08 Å². The number of nitrogens with one attached hydrogen (secondary N) is 1. The zero-order chi connectivity index (χ0) is 11.7. The summed E-state index contributed by atoms with van der Waals surface area (Å²) in [6.07, 6.45) is 3.18. The van der Waals surface area contributed by atoms with E-state index in [1.807, 2.05) is 4.90 Å². The van der Waals surface area contributed by atoms with E-state index in [9.17, 15) is 0 Å². The van der Waals surface area contributed by atoms with Crippen molar-refractivity contribution in [2.75, 3.05) is 13.1 Å². The van der Waals surface area contributed by atoms with Gasteiger partial charge in [0, 0.05) is 31.5 Å². The smallest absolute Gasteiger partial charge is 0.0500 e. The van der Waals surface area contributed by atoms with Crippen LogP contribution in [0.2, 0.25) is 0 Å². The summed E-state index contributed by atoms with van der Waals surface area (Å²) in [5, 5.41) is 0.189. The Morgan fingerprint density at radius 1 is 1.56 bits per heavy atom. The number of halogens is 1. The largest absolute Gasteiger partial charge is 0.359 e. The molecule has 2 rings (SSSR count). The fraction of sp³-hybridized carbons (Fsp3) is 0.462. The molecule has 3 heteroatoms. The van der Waals surface area contributed by atoms with E-state index in [1.165, 1.54) is 22.5 Å². The predicted octanol–water partition coefficient (Wildman–Crippen LogP) is 3.12. The number of hydrogen-bond donors (Lipinski definition) is 1. The lowest BCUT2D eigenvalue weighted by Crippen LogP contribution is -2.32. The molecular formula is C13H18ClN2. The van der Waals surface area contributed by atoms with Crippen molar-refractivity contribution in [1.82, 2.24) is 9.88 Å². The highest BCUT2D eigenvalue weighted by atomic mass is 35.5. The van der Waals surface area contributed by atoms with Crippen LogP contribution in [0.1, 0.15) is 23.4 Å². The summed E-state index contributed by atoms with van der Waals surface area (Å²) in [5.41, 5.74) is 5.05. The standard InChI is InChI=1S/C13H18ClN2/c1-9-4-10(2)15-13(9)6-11-5-12(14)8-16(3)7-11/h4,6,12,15H,3,5,7-8H2,1-2H3. The Kier molecular flexibility index (Phi) is 3.41. The van der Waals surface area contributed by atoms with Gasteiger partial charge in [-0.2, -0.15) is 0 Å². The van der Waals surface area contributed by atoms with E-state index in [0.29, 0.717) is 0 Å². The SMILES string of the molecule is [CH2]N1CC(=Cc2[nH]c(C)cc2C)CC(Cl)C1. The lowest BCUT2D eigenvalue weighted by atomic mass is 10.0. The molecule has 87 valence electrons. The number of rotatable bonds is 1. The van der Waals surface area contributed by atoms with Gasteiger partial charge < -0.3 is 4.98 Å². The van der Waals surface area contributed by atoms with Crippen LogP contribution in [0.15, 0.2) is 11.6 Å². The van der Waals surface area contributed by atoms with Crippen LogP contribution in [-0.2, 0) is 0 Å². The molecule has 2 nitrogen and oxygen atoms in total. The average Bonchev–Trinajstić information content (AvgIpc) is 2.43. The molecule has 0 spiro atoms. The van der Waals surface area contributed by atoms with Crippen molar-refractivity contribution < 1.29 is 0 Å². The maximum Gasteiger partial charge on any atom is 0.0500 e.